The van der Waals surface area contributed by atoms with Gasteiger partial charge >= 0.3 is 0 Å². The molecule has 1 aromatic heterocycles. The summed E-state index contributed by atoms with van der Waals surface area (Å²) in [5, 5.41) is 5.67. The minimum Gasteiger partial charge on any atom is -0.456 e. The van der Waals surface area contributed by atoms with E-state index in [4.69, 9.17) is 4.42 Å². The third-order valence-electron chi connectivity index (χ3n) is 5.81. The highest BCUT2D eigenvalue weighted by Crippen LogP contribution is 2.38. The van der Waals surface area contributed by atoms with Crippen molar-refractivity contribution in [3.8, 4) is 0 Å². The summed E-state index contributed by atoms with van der Waals surface area (Å²) in [6.07, 6.45) is 0. The van der Waals surface area contributed by atoms with Crippen molar-refractivity contribution < 1.29 is 4.42 Å². The molecule has 158 valence electrons. The van der Waals surface area contributed by atoms with E-state index in [2.05, 4.69) is 107 Å². The molecule has 1 heterocycles. The molecule has 0 spiro atoms. The predicted molar refractivity (Wildman–Crippen MR) is 138 cm³/mol. The lowest BCUT2D eigenvalue weighted by Gasteiger charge is -2.25. The number of rotatable bonds is 5. The molecule has 0 aliphatic rings. The summed E-state index contributed by atoms with van der Waals surface area (Å²) in [6, 6.07) is 43.7. The zero-order chi connectivity index (χ0) is 22.0. The van der Waals surface area contributed by atoms with Crippen LogP contribution in [0.4, 0.5) is 28.4 Å². The van der Waals surface area contributed by atoms with Gasteiger partial charge in [-0.2, -0.15) is 0 Å². The first kappa shape index (κ1) is 19.2. The smallest absolute Gasteiger partial charge is 0.137 e. The summed E-state index contributed by atoms with van der Waals surface area (Å²) in [7, 11) is 0. The monoisotopic (exact) mass is 426 g/mol. The lowest BCUT2D eigenvalue weighted by Crippen LogP contribution is -2.09. The SMILES string of the molecule is c1ccc(Nc2ccc3c(c2)oc2cc(N(c4ccccc4)c4ccccc4)ccc23)cc1. The topological polar surface area (TPSA) is 28.4 Å². The van der Waals surface area contributed by atoms with Gasteiger partial charge in [0.1, 0.15) is 11.2 Å². The van der Waals surface area contributed by atoms with E-state index in [1.54, 1.807) is 0 Å². The first-order valence-electron chi connectivity index (χ1n) is 11.0. The van der Waals surface area contributed by atoms with Gasteiger partial charge in [0.05, 0.1) is 0 Å². The molecule has 0 saturated carbocycles. The summed E-state index contributed by atoms with van der Waals surface area (Å²) in [5.74, 6) is 0. The standard InChI is InChI=1S/C30H22N2O/c1-4-10-22(11-5-1)31-23-16-18-27-28-19-17-26(21-30(28)33-29(27)20-23)32(24-12-6-2-7-13-24)25-14-8-3-9-15-25/h1-21,31H. The van der Waals surface area contributed by atoms with Crippen molar-refractivity contribution in [2.75, 3.05) is 10.2 Å². The Morgan fingerprint density at radius 3 is 1.64 bits per heavy atom. The number of nitrogens with zero attached hydrogens (tertiary/aromatic N) is 1. The maximum atomic E-state index is 6.33. The van der Waals surface area contributed by atoms with Crippen molar-refractivity contribution in [3.05, 3.63) is 127 Å². The molecule has 0 amide bonds. The molecule has 0 fully saturated rings. The van der Waals surface area contributed by atoms with Gasteiger partial charge in [0.15, 0.2) is 0 Å². The van der Waals surface area contributed by atoms with E-state index in [0.29, 0.717) is 0 Å². The molecule has 33 heavy (non-hydrogen) atoms. The van der Waals surface area contributed by atoms with Crippen LogP contribution in [0.5, 0.6) is 0 Å². The average Bonchev–Trinajstić information content (AvgIpc) is 3.23. The second-order valence-electron chi connectivity index (χ2n) is 7.99. The molecule has 6 aromatic rings. The van der Waals surface area contributed by atoms with Gasteiger partial charge in [0.25, 0.3) is 0 Å². The van der Waals surface area contributed by atoms with Crippen molar-refractivity contribution in [1.82, 2.24) is 0 Å². The zero-order valence-corrected chi connectivity index (χ0v) is 18.0. The fourth-order valence-electron chi connectivity index (χ4n) is 4.27. The predicted octanol–water partition coefficient (Wildman–Crippen LogP) is 8.80. The largest absolute Gasteiger partial charge is 0.456 e. The van der Waals surface area contributed by atoms with E-state index in [1.165, 1.54) is 0 Å². The highest BCUT2D eigenvalue weighted by atomic mass is 16.3. The molecule has 5 aromatic carbocycles. The van der Waals surface area contributed by atoms with Crippen molar-refractivity contribution in [2.24, 2.45) is 0 Å². The van der Waals surface area contributed by atoms with Crippen molar-refractivity contribution in [3.63, 3.8) is 0 Å². The number of fused-ring (bicyclic) bond motifs is 3. The average molecular weight is 427 g/mol. The first-order chi connectivity index (χ1) is 16.3. The normalized spacial score (nSPS) is 11.0. The van der Waals surface area contributed by atoms with Gasteiger partial charge in [-0.3, -0.25) is 0 Å². The number of benzene rings is 5. The molecular formula is C30H22N2O. The lowest BCUT2D eigenvalue weighted by atomic mass is 10.1. The van der Waals surface area contributed by atoms with Gasteiger partial charge in [-0.25, -0.2) is 0 Å². The fourth-order valence-corrected chi connectivity index (χ4v) is 4.27. The van der Waals surface area contributed by atoms with Crippen LogP contribution in [0.1, 0.15) is 0 Å². The van der Waals surface area contributed by atoms with Crippen LogP contribution in [-0.4, -0.2) is 0 Å². The van der Waals surface area contributed by atoms with Crippen LogP contribution in [0.15, 0.2) is 132 Å². The maximum Gasteiger partial charge on any atom is 0.137 e. The van der Waals surface area contributed by atoms with Gasteiger partial charge in [-0.1, -0.05) is 54.6 Å². The Morgan fingerprint density at radius 2 is 1.00 bits per heavy atom. The Morgan fingerprint density at radius 1 is 0.455 bits per heavy atom. The number of hydrogen-bond acceptors (Lipinski definition) is 3. The van der Waals surface area contributed by atoms with Crippen LogP contribution in [0.3, 0.4) is 0 Å². The maximum absolute atomic E-state index is 6.33. The molecule has 0 saturated heterocycles. The van der Waals surface area contributed by atoms with E-state index < -0.39 is 0 Å². The van der Waals surface area contributed by atoms with Crippen molar-refractivity contribution >= 4 is 50.4 Å². The highest BCUT2D eigenvalue weighted by Gasteiger charge is 2.15. The van der Waals surface area contributed by atoms with E-state index in [9.17, 15) is 0 Å². The van der Waals surface area contributed by atoms with Crippen molar-refractivity contribution in [1.29, 1.82) is 0 Å². The molecule has 0 aliphatic carbocycles. The molecule has 6 rings (SSSR count). The molecule has 3 heteroatoms. The van der Waals surface area contributed by atoms with Crippen LogP contribution >= 0.6 is 0 Å². The molecule has 0 bridgehead atoms. The molecule has 0 radical (unpaired) electrons. The number of furan rings is 1. The summed E-state index contributed by atoms with van der Waals surface area (Å²) in [6.45, 7) is 0. The van der Waals surface area contributed by atoms with E-state index in [0.717, 1.165) is 50.4 Å². The van der Waals surface area contributed by atoms with Crippen LogP contribution < -0.4 is 10.2 Å². The summed E-state index contributed by atoms with van der Waals surface area (Å²) >= 11 is 0. The number of para-hydroxylation sites is 3. The molecule has 0 aliphatic heterocycles. The molecular weight excluding hydrogens is 404 g/mol. The highest BCUT2D eigenvalue weighted by molar-refractivity contribution is 6.07. The van der Waals surface area contributed by atoms with Crippen LogP contribution in [0, 0.1) is 0 Å². The minimum atomic E-state index is 0.869. The van der Waals surface area contributed by atoms with Gasteiger partial charge in [0.2, 0.25) is 0 Å². The first-order valence-corrected chi connectivity index (χ1v) is 11.0. The third-order valence-corrected chi connectivity index (χ3v) is 5.81. The van der Waals surface area contributed by atoms with Crippen LogP contribution in [-0.2, 0) is 0 Å². The van der Waals surface area contributed by atoms with E-state index in [1.807, 2.05) is 30.3 Å². The Hall–Kier alpha value is -4.50. The van der Waals surface area contributed by atoms with Gasteiger partial charge in [-0.05, 0) is 60.7 Å². The number of anilines is 5. The summed E-state index contributed by atoms with van der Waals surface area (Å²) in [4.78, 5) is 2.25. The zero-order valence-electron chi connectivity index (χ0n) is 18.0. The van der Waals surface area contributed by atoms with Crippen molar-refractivity contribution in [2.45, 2.75) is 0 Å². The van der Waals surface area contributed by atoms with E-state index >= 15 is 0 Å². The summed E-state index contributed by atoms with van der Waals surface area (Å²) in [5.41, 5.74) is 7.06. The second kappa shape index (κ2) is 8.21. The minimum absolute atomic E-state index is 0.869. The van der Waals surface area contributed by atoms with E-state index in [-0.39, 0.29) is 0 Å². The van der Waals surface area contributed by atoms with Crippen LogP contribution in [0.2, 0.25) is 0 Å². The molecule has 1 N–H and O–H groups in total. The van der Waals surface area contributed by atoms with Gasteiger partial charge in [-0.15, -0.1) is 0 Å². The second-order valence-corrected chi connectivity index (χ2v) is 7.99. The Labute approximate surface area is 192 Å². The fraction of sp³-hybridized carbons (Fsp3) is 0. The Bertz CT molecular complexity index is 1480. The molecule has 0 atom stereocenters. The Kier molecular flexibility index (Phi) is 4.78. The molecule has 3 nitrogen and oxygen atoms in total. The van der Waals surface area contributed by atoms with Gasteiger partial charge in [0, 0.05) is 51.3 Å². The van der Waals surface area contributed by atoms with Crippen LogP contribution in [0.25, 0.3) is 21.9 Å². The third kappa shape index (κ3) is 3.70. The summed E-state index contributed by atoms with van der Waals surface area (Å²) < 4.78 is 6.33. The van der Waals surface area contributed by atoms with Gasteiger partial charge < -0.3 is 14.6 Å². The quantitative estimate of drug-likeness (QED) is 0.298. The number of hydrogen-bond donors (Lipinski definition) is 1. The molecule has 0 unspecified atom stereocenters. The number of nitrogens with one attached hydrogen (secondary N) is 1. The lowest BCUT2D eigenvalue weighted by molar-refractivity contribution is 0.669. The Balaban J connectivity index is 1.43.